The number of nitrogens with zero attached hydrogens (tertiary/aromatic N) is 4. The SMILES string of the molecule is CC1=CC(C)=NC(N)N1c1c([N+](=O)[O-])cc(C(F)(F)F)c(Cl)c1[N+](=O)[O-]. The summed E-state index contributed by atoms with van der Waals surface area (Å²) in [5.74, 6) is 0. The zero-order valence-corrected chi connectivity index (χ0v) is 14.0. The van der Waals surface area contributed by atoms with Crippen molar-refractivity contribution in [3.8, 4) is 0 Å². The van der Waals surface area contributed by atoms with Crippen LogP contribution in [0.15, 0.2) is 22.8 Å². The van der Waals surface area contributed by atoms with E-state index in [0.717, 1.165) is 4.90 Å². The van der Waals surface area contributed by atoms with Crippen molar-refractivity contribution in [2.45, 2.75) is 26.3 Å². The fourth-order valence-corrected chi connectivity index (χ4v) is 2.88. The van der Waals surface area contributed by atoms with E-state index in [-0.39, 0.29) is 11.8 Å². The first-order valence-corrected chi connectivity index (χ1v) is 7.24. The molecule has 140 valence electrons. The minimum Gasteiger partial charge on any atom is -0.299 e. The second-order valence-corrected chi connectivity index (χ2v) is 5.68. The normalized spacial score (nSPS) is 17.7. The Labute approximate surface area is 148 Å². The van der Waals surface area contributed by atoms with Crippen molar-refractivity contribution in [1.82, 2.24) is 0 Å². The minimum atomic E-state index is -5.13. The lowest BCUT2D eigenvalue weighted by atomic mass is 10.1. The number of alkyl halides is 3. The highest BCUT2D eigenvalue weighted by molar-refractivity contribution is 6.34. The maximum absolute atomic E-state index is 13.1. The van der Waals surface area contributed by atoms with Crippen molar-refractivity contribution >= 4 is 34.4 Å². The van der Waals surface area contributed by atoms with E-state index in [1.807, 2.05) is 0 Å². The Bertz CT molecular complexity index is 868. The minimum absolute atomic E-state index is 0.149. The van der Waals surface area contributed by atoms with Crippen LogP contribution in [0.5, 0.6) is 0 Å². The van der Waals surface area contributed by atoms with Gasteiger partial charge in [-0.05, 0) is 19.9 Å². The highest BCUT2D eigenvalue weighted by atomic mass is 35.5. The molecule has 26 heavy (non-hydrogen) atoms. The Morgan fingerprint density at radius 1 is 1.27 bits per heavy atom. The average molecular weight is 394 g/mol. The number of halogens is 4. The van der Waals surface area contributed by atoms with Crippen LogP contribution in [0, 0.1) is 20.2 Å². The first-order chi connectivity index (χ1) is 11.9. The summed E-state index contributed by atoms with van der Waals surface area (Å²) in [6.45, 7) is 3.00. The lowest BCUT2D eigenvalue weighted by Crippen LogP contribution is -2.43. The lowest BCUT2D eigenvalue weighted by molar-refractivity contribution is -0.393. The molecule has 13 heteroatoms. The van der Waals surface area contributed by atoms with Gasteiger partial charge in [0.05, 0.1) is 15.4 Å². The molecule has 0 saturated heterocycles. The molecule has 1 aromatic rings. The number of aliphatic imine (C=N–C) groups is 1. The molecule has 1 atom stereocenters. The maximum atomic E-state index is 13.1. The van der Waals surface area contributed by atoms with Gasteiger partial charge < -0.3 is 0 Å². The highest BCUT2D eigenvalue weighted by Crippen LogP contribution is 2.50. The summed E-state index contributed by atoms with van der Waals surface area (Å²) < 4.78 is 39.3. The average Bonchev–Trinajstić information content (AvgIpc) is 2.43. The first-order valence-electron chi connectivity index (χ1n) is 6.86. The van der Waals surface area contributed by atoms with Gasteiger partial charge in [-0.25, -0.2) is 0 Å². The van der Waals surface area contributed by atoms with E-state index in [1.165, 1.54) is 13.0 Å². The number of nitro groups is 2. The summed E-state index contributed by atoms with van der Waals surface area (Å²) in [4.78, 5) is 25.2. The molecular weight excluding hydrogens is 383 g/mol. The third-order valence-electron chi connectivity index (χ3n) is 3.52. The molecule has 2 N–H and O–H groups in total. The van der Waals surface area contributed by atoms with Gasteiger partial charge in [-0.1, -0.05) is 11.6 Å². The Balaban J connectivity index is 2.93. The molecule has 1 heterocycles. The summed E-state index contributed by atoms with van der Waals surface area (Å²) in [5, 5.41) is 21.5. The topological polar surface area (TPSA) is 128 Å². The standard InChI is InChI=1S/C13H11ClF3N5O4/c1-5-3-6(2)20(12(18)19-5)10-8(21(23)24)4-7(13(15,16)17)9(14)11(10)22(25)26/h3-4,12H,18H2,1-2H3. The van der Waals surface area contributed by atoms with Gasteiger partial charge in [0.1, 0.15) is 5.02 Å². The second kappa shape index (κ2) is 6.53. The van der Waals surface area contributed by atoms with Gasteiger partial charge in [-0.2, -0.15) is 13.2 Å². The van der Waals surface area contributed by atoms with Crippen LogP contribution in [0.25, 0.3) is 0 Å². The van der Waals surface area contributed by atoms with Crippen molar-refractivity contribution in [3.05, 3.63) is 48.7 Å². The third kappa shape index (κ3) is 3.32. The molecule has 0 amide bonds. The van der Waals surface area contributed by atoms with Crippen LogP contribution in [0.3, 0.4) is 0 Å². The zero-order valence-electron chi connectivity index (χ0n) is 13.2. The smallest absolute Gasteiger partial charge is 0.299 e. The van der Waals surface area contributed by atoms with Gasteiger partial charge in [0.15, 0.2) is 6.29 Å². The Hall–Kier alpha value is -2.73. The molecule has 1 aliphatic heterocycles. The van der Waals surface area contributed by atoms with Gasteiger partial charge in [-0.3, -0.25) is 35.9 Å². The third-order valence-corrected chi connectivity index (χ3v) is 3.90. The molecule has 0 radical (unpaired) electrons. The number of nitrogens with two attached hydrogens (primary N) is 1. The molecule has 0 aliphatic carbocycles. The van der Waals surface area contributed by atoms with E-state index < -0.39 is 50.0 Å². The molecule has 0 saturated carbocycles. The van der Waals surface area contributed by atoms with Gasteiger partial charge in [0, 0.05) is 17.5 Å². The molecule has 0 fully saturated rings. The van der Waals surface area contributed by atoms with Crippen molar-refractivity contribution in [3.63, 3.8) is 0 Å². The molecule has 0 bridgehead atoms. The largest absolute Gasteiger partial charge is 0.418 e. The number of benzene rings is 1. The van der Waals surface area contributed by atoms with Crippen LogP contribution in [-0.4, -0.2) is 21.8 Å². The number of anilines is 1. The van der Waals surface area contributed by atoms with Crippen LogP contribution in [-0.2, 0) is 6.18 Å². The summed E-state index contributed by atoms with van der Waals surface area (Å²) >= 11 is 5.61. The number of allylic oxidation sites excluding steroid dienone is 2. The fraction of sp³-hybridized carbons (Fsp3) is 0.308. The van der Waals surface area contributed by atoms with E-state index in [1.54, 1.807) is 6.92 Å². The Morgan fingerprint density at radius 3 is 2.27 bits per heavy atom. The number of rotatable bonds is 3. The van der Waals surface area contributed by atoms with Crippen LogP contribution < -0.4 is 10.6 Å². The van der Waals surface area contributed by atoms with Crippen molar-refractivity contribution < 1.29 is 23.0 Å². The second-order valence-electron chi connectivity index (χ2n) is 5.31. The molecular formula is C13H11ClF3N5O4. The van der Waals surface area contributed by atoms with Crippen molar-refractivity contribution in [2.24, 2.45) is 10.7 Å². The molecule has 1 unspecified atom stereocenters. The Morgan fingerprint density at radius 2 is 1.85 bits per heavy atom. The molecule has 1 aliphatic rings. The highest BCUT2D eigenvalue weighted by Gasteiger charge is 2.44. The Kier molecular flexibility index (Phi) is 4.92. The monoisotopic (exact) mass is 393 g/mol. The molecule has 2 rings (SSSR count). The van der Waals surface area contributed by atoms with Crippen LogP contribution in [0.4, 0.5) is 30.2 Å². The molecule has 0 spiro atoms. The van der Waals surface area contributed by atoms with Gasteiger partial charge >= 0.3 is 17.6 Å². The summed E-state index contributed by atoms with van der Waals surface area (Å²) in [6, 6.07) is 0.149. The number of hydrogen-bond donors (Lipinski definition) is 1. The predicted octanol–water partition coefficient (Wildman–Crippen LogP) is 3.60. The summed E-state index contributed by atoms with van der Waals surface area (Å²) in [6.07, 6.45) is -5.03. The van der Waals surface area contributed by atoms with Gasteiger partial charge in [0.2, 0.25) is 5.69 Å². The van der Waals surface area contributed by atoms with Crippen molar-refractivity contribution in [2.75, 3.05) is 4.90 Å². The van der Waals surface area contributed by atoms with E-state index in [0.29, 0.717) is 5.71 Å². The zero-order chi connectivity index (χ0) is 20.0. The van der Waals surface area contributed by atoms with Crippen LogP contribution >= 0.6 is 11.6 Å². The van der Waals surface area contributed by atoms with Crippen LogP contribution in [0.1, 0.15) is 19.4 Å². The molecule has 9 nitrogen and oxygen atoms in total. The van der Waals surface area contributed by atoms with Crippen molar-refractivity contribution in [1.29, 1.82) is 0 Å². The van der Waals surface area contributed by atoms with Gasteiger partial charge in [-0.15, -0.1) is 0 Å². The molecule has 0 aromatic heterocycles. The summed E-state index contributed by atoms with van der Waals surface area (Å²) in [5.41, 5.74) is 1.56. The van der Waals surface area contributed by atoms with E-state index in [4.69, 9.17) is 17.3 Å². The first kappa shape index (κ1) is 19.6. The predicted molar refractivity (Wildman–Crippen MR) is 87.1 cm³/mol. The number of hydrogen-bond acceptors (Lipinski definition) is 7. The fourth-order valence-electron chi connectivity index (χ4n) is 2.56. The van der Waals surface area contributed by atoms with Crippen LogP contribution in [0.2, 0.25) is 5.02 Å². The molecule has 1 aromatic carbocycles. The summed E-state index contributed by atoms with van der Waals surface area (Å²) in [7, 11) is 0. The quantitative estimate of drug-likeness (QED) is 0.617. The maximum Gasteiger partial charge on any atom is 0.418 e. The lowest BCUT2D eigenvalue weighted by Gasteiger charge is -2.31. The number of nitro benzene ring substituents is 2. The van der Waals surface area contributed by atoms with E-state index in [9.17, 15) is 33.4 Å². The van der Waals surface area contributed by atoms with E-state index in [2.05, 4.69) is 4.99 Å². The van der Waals surface area contributed by atoms with E-state index >= 15 is 0 Å². The van der Waals surface area contributed by atoms with Gasteiger partial charge in [0.25, 0.3) is 0 Å².